The van der Waals surface area contributed by atoms with Crippen LogP contribution in [0.15, 0.2) is 46.2 Å². The molecule has 0 heterocycles. The topological polar surface area (TPSA) is 46.2 Å². The highest BCUT2D eigenvalue weighted by Gasteiger charge is 2.35. The van der Waals surface area contributed by atoms with Crippen molar-refractivity contribution in [3.63, 3.8) is 0 Å². The summed E-state index contributed by atoms with van der Waals surface area (Å²) in [5.41, 5.74) is -1.79. The smallest absolute Gasteiger partial charge is 0.279 e. The molecule has 2 aromatic rings. The first-order chi connectivity index (χ1) is 11.0. The van der Waals surface area contributed by atoms with Crippen molar-refractivity contribution in [3.05, 3.63) is 52.0 Å². The molecule has 1 N–H and O–H groups in total. The van der Waals surface area contributed by atoms with E-state index in [1.807, 2.05) is 4.72 Å². The number of anilines is 1. The van der Waals surface area contributed by atoms with E-state index in [0.717, 1.165) is 17.8 Å². The maximum absolute atomic E-state index is 13.1. The van der Waals surface area contributed by atoms with Gasteiger partial charge < -0.3 is 0 Å². The van der Waals surface area contributed by atoms with Crippen molar-refractivity contribution >= 4 is 50.7 Å². The summed E-state index contributed by atoms with van der Waals surface area (Å²) in [6.07, 6.45) is -3.12. The highest BCUT2D eigenvalue weighted by Crippen LogP contribution is 2.38. The lowest BCUT2D eigenvalue weighted by molar-refractivity contribution is -0.136. The molecule has 0 aliphatic heterocycles. The number of sulfonamides is 1. The lowest BCUT2D eigenvalue weighted by atomic mass is 10.2. The Balaban J connectivity index is 2.54. The number of hydrogen-bond donors (Lipinski definition) is 1. The standard InChI is InChI=1S/C14H10Cl2F3NO2S2/c1-23-12-5-3-9(16)7-13(12)24(21,22)20-11-4-2-8(15)6-10(11)14(17,18)19/h2-7,20H,1H3. The number of thioether (sulfide) groups is 1. The van der Waals surface area contributed by atoms with E-state index in [-0.39, 0.29) is 14.9 Å². The van der Waals surface area contributed by atoms with Gasteiger partial charge in [0.2, 0.25) is 0 Å². The van der Waals surface area contributed by atoms with Crippen LogP contribution in [0.1, 0.15) is 5.56 Å². The van der Waals surface area contributed by atoms with E-state index in [9.17, 15) is 21.6 Å². The Bertz CT molecular complexity index is 871. The maximum Gasteiger partial charge on any atom is 0.418 e. The first kappa shape index (κ1) is 19.2. The van der Waals surface area contributed by atoms with E-state index < -0.39 is 27.5 Å². The second-order valence-electron chi connectivity index (χ2n) is 4.59. The molecule has 24 heavy (non-hydrogen) atoms. The summed E-state index contributed by atoms with van der Waals surface area (Å²) < 4.78 is 66.3. The van der Waals surface area contributed by atoms with Crippen LogP contribution >= 0.6 is 35.0 Å². The van der Waals surface area contributed by atoms with Gasteiger partial charge in [0.15, 0.2) is 0 Å². The van der Waals surface area contributed by atoms with Gasteiger partial charge in [-0.05, 0) is 42.7 Å². The molecule has 0 atom stereocenters. The van der Waals surface area contributed by atoms with Crippen LogP contribution in [0.5, 0.6) is 0 Å². The van der Waals surface area contributed by atoms with Gasteiger partial charge in [0.1, 0.15) is 4.90 Å². The van der Waals surface area contributed by atoms with E-state index in [1.54, 1.807) is 6.26 Å². The van der Waals surface area contributed by atoms with E-state index in [4.69, 9.17) is 23.2 Å². The fourth-order valence-electron chi connectivity index (χ4n) is 1.90. The molecule has 0 aliphatic carbocycles. The predicted octanol–water partition coefficient (Wildman–Crippen LogP) is 5.53. The Labute approximate surface area is 151 Å². The van der Waals surface area contributed by atoms with Crippen molar-refractivity contribution in [1.29, 1.82) is 0 Å². The fraction of sp³-hybridized carbons (Fsp3) is 0.143. The van der Waals surface area contributed by atoms with Crippen LogP contribution in [0.4, 0.5) is 18.9 Å². The Kier molecular flexibility index (Phi) is 5.64. The molecule has 2 aromatic carbocycles. The molecular weight excluding hydrogens is 406 g/mol. The molecule has 0 fully saturated rings. The lowest BCUT2D eigenvalue weighted by Gasteiger charge is -2.16. The third-order valence-electron chi connectivity index (χ3n) is 2.95. The Morgan fingerprint density at radius 1 is 1.04 bits per heavy atom. The van der Waals surface area contributed by atoms with Crippen molar-refractivity contribution in [2.24, 2.45) is 0 Å². The van der Waals surface area contributed by atoms with Gasteiger partial charge in [-0.2, -0.15) is 13.2 Å². The van der Waals surface area contributed by atoms with Crippen LogP contribution in [0, 0.1) is 0 Å². The van der Waals surface area contributed by atoms with Crippen LogP contribution in [0.3, 0.4) is 0 Å². The van der Waals surface area contributed by atoms with Crippen LogP contribution in [-0.2, 0) is 16.2 Å². The van der Waals surface area contributed by atoms with Gasteiger partial charge in [0.05, 0.1) is 11.3 Å². The molecule has 0 unspecified atom stereocenters. The van der Waals surface area contributed by atoms with Gasteiger partial charge in [0, 0.05) is 14.9 Å². The summed E-state index contributed by atoms with van der Waals surface area (Å²) in [5, 5.41) is -0.00171. The summed E-state index contributed by atoms with van der Waals surface area (Å²) in [5.74, 6) is 0. The third kappa shape index (κ3) is 4.30. The van der Waals surface area contributed by atoms with E-state index >= 15 is 0 Å². The molecule has 0 radical (unpaired) electrons. The quantitative estimate of drug-likeness (QED) is 0.667. The number of rotatable bonds is 4. The molecule has 0 amide bonds. The largest absolute Gasteiger partial charge is 0.418 e. The summed E-state index contributed by atoms with van der Waals surface area (Å²) in [6.45, 7) is 0. The minimum Gasteiger partial charge on any atom is -0.279 e. The molecule has 0 aliphatic rings. The van der Waals surface area contributed by atoms with Crippen LogP contribution in [0.2, 0.25) is 10.0 Å². The molecule has 2 rings (SSSR count). The second kappa shape index (κ2) is 7.03. The van der Waals surface area contributed by atoms with Gasteiger partial charge in [-0.25, -0.2) is 8.42 Å². The summed E-state index contributed by atoms with van der Waals surface area (Å²) in [7, 11) is -4.27. The normalized spacial score (nSPS) is 12.2. The maximum atomic E-state index is 13.1. The van der Waals surface area contributed by atoms with Crippen LogP contribution in [-0.4, -0.2) is 14.7 Å². The molecule has 0 saturated carbocycles. The number of benzene rings is 2. The molecule has 0 saturated heterocycles. The zero-order valence-corrected chi connectivity index (χ0v) is 15.1. The second-order valence-corrected chi connectivity index (χ2v) is 7.96. The van der Waals surface area contributed by atoms with Gasteiger partial charge >= 0.3 is 6.18 Å². The fourth-order valence-corrected chi connectivity index (χ4v) is 4.55. The monoisotopic (exact) mass is 415 g/mol. The lowest BCUT2D eigenvalue weighted by Crippen LogP contribution is -2.18. The highest BCUT2D eigenvalue weighted by atomic mass is 35.5. The highest BCUT2D eigenvalue weighted by molar-refractivity contribution is 7.99. The Morgan fingerprint density at radius 3 is 2.21 bits per heavy atom. The van der Waals surface area contributed by atoms with Crippen LogP contribution in [0.25, 0.3) is 0 Å². The predicted molar refractivity (Wildman–Crippen MR) is 90.5 cm³/mol. The van der Waals surface area contributed by atoms with Crippen LogP contribution < -0.4 is 4.72 Å². The Morgan fingerprint density at radius 2 is 1.62 bits per heavy atom. The molecule has 0 spiro atoms. The minimum absolute atomic E-state index is 0.153. The average molecular weight is 416 g/mol. The molecular formula is C14H10Cl2F3NO2S2. The Hall–Kier alpha value is -1.09. The van der Waals surface area contributed by atoms with Gasteiger partial charge in [-0.1, -0.05) is 23.2 Å². The zero-order chi connectivity index (χ0) is 18.1. The zero-order valence-electron chi connectivity index (χ0n) is 12.0. The van der Waals surface area contributed by atoms with Crippen molar-refractivity contribution < 1.29 is 21.6 Å². The number of alkyl halides is 3. The van der Waals surface area contributed by atoms with Gasteiger partial charge in [0.25, 0.3) is 10.0 Å². The number of halogens is 5. The molecule has 0 bridgehead atoms. The molecule has 130 valence electrons. The van der Waals surface area contributed by atoms with E-state index in [1.165, 1.54) is 24.3 Å². The van der Waals surface area contributed by atoms with Gasteiger partial charge in [-0.3, -0.25) is 4.72 Å². The molecule has 0 aromatic heterocycles. The van der Waals surface area contributed by atoms with Crippen molar-refractivity contribution in [1.82, 2.24) is 0 Å². The van der Waals surface area contributed by atoms with Crippen molar-refractivity contribution in [3.8, 4) is 0 Å². The SMILES string of the molecule is CSc1ccc(Cl)cc1S(=O)(=O)Nc1ccc(Cl)cc1C(F)(F)F. The average Bonchev–Trinajstić information content (AvgIpc) is 2.48. The van der Waals surface area contributed by atoms with Crippen molar-refractivity contribution in [2.45, 2.75) is 16.0 Å². The summed E-state index contributed by atoms with van der Waals surface area (Å²) in [4.78, 5) is 0.153. The van der Waals surface area contributed by atoms with Gasteiger partial charge in [-0.15, -0.1) is 11.8 Å². The first-order valence-electron chi connectivity index (χ1n) is 6.27. The summed E-state index contributed by atoms with van der Waals surface area (Å²) in [6, 6.07) is 6.95. The first-order valence-corrected chi connectivity index (χ1v) is 9.74. The molecule has 10 heteroatoms. The molecule has 3 nitrogen and oxygen atoms in total. The van der Waals surface area contributed by atoms with E-state index in [0.29, 0.717) is 11.0 Å². The number of hydrogen-bond acceptors (Lipinski definition) is 3. The third-order valence-corrected chi connectivity index (χ3v) is 5.75. The summed E-state index contributed by atoms with van der Waals surface area (Å²) >= 11 is 12.5. The van der Waals surface area contributed by atoms with E-state index in [2.05, 4.69) is 0 Å². The number of nitrogens with one attached hydrogen (secondary N) is 1. The minimum atomic E-state index is -4.76. The van der Waals surface area contributed by atoms with Crippen molar-refractivity contribution in [2.75, 3.05) is 11.0 Å².